The number of hydrogen-bond donors (Lipinski definition) is 1. The molecule has 106 valence electrons. The topological polar surface area (TPSA) is 32.3 Å². The molecular weight excluding hydrogens is 244 g/mol. The average Bonchev–Trinajstić information content (AvgIpc) is 2.54. The first-order chi connectivity index (χ1) is 8.47. The summed E-state index contributed by atoms with van der Waals surface area (Å²) >= 11 is 1.95. The Balaban J connectivity index is 2.59. The second-order valence-electron chi connectivity index (χ2n) is 5.61. The van der Waals surface area contributed by atoms with Crippen LogP contribution in [0.5, 0.6) is 0 Å². The molecule has 1 N–H and O–H groups in total. The third-order valence-corrected chi connectivity index (χ3v) is 4.39. The number of carbonyl (C=O) groups is 1. The maximum absolute atomic E-state index is 12.2. The van der Waals surface area contributed by atoms with Crippen molar-refractivity contribution >= 4 is 17.7 Å². The molecule has 0 aliphatic carbocycles. The molecule has 3 nitrogen and oxygen atoms in total. The minimum atomic E-state index is -0.0185. The summed E-state index contributed by atoms with van der Waals surface area (Å²) in [5.41, 5.74) is 0. The van der Waals surface area contributed by atoms with Crippen molar-refractivity contribution in [2.24, 2.45) is 5.92 Å². The van der Waals surface area contributed by atoms with E-state index in [9.17, 15) is 4.79 Å². The molecule has 1 aliphatic heterocycles. The van der Waals surface area contributed by atoms with E-state index in [0.717, 1.165) is 24.3 Å². The zero-order valence-electron chi connectivity index (χ0n) is 12.4. The summed E-state index contributed by atoms with van der Waals surface area (Å²) in [5, 5.41) is 3.43. The minimum absolute atomic E-state index is 0.0185. The van der Waals surface area contributed by atoms with Crippen molar-refractivity contribution in [3.63, 3.8) is 0 Å². The molecule has 0 saturated carbocycles. The Kier molecular flexibility index (Phi) is 6.50. The normalized spacial score (nSPS) is 26.1. The molecule has 3 atom stereocenters. The van der Waals surface area contributed by atoms with E-state index >= 15 is 0 Å². The molecule has 18 heavy (non-hydrogen) atoms. The van der Waals surface area contributed by atoms with Gasteiger partial charge >= 0.3 is 0 Å². The molecule has 1 amide bonds. The smallest absolute Gasteiger partial charge is 0.240 e. The predicted octanol–water partition coefficient (Wildman–Crippen LogP) is 2.71. The summed E-state index contributed by atoms with van der Waals surface area (Å²) in [4.78, 5) is 14.3. The van der Waals surface area contributed by atoms with Gasteiger partial charge in [-0.1, -0.05) is 20.8 Å². The van der Waals surface area contributed by atoms with Crippen LogP contribution in [0.2, 0.25) is 0 Å². The van der Waals surface area contributed by atoms with Gasteiger partial charge in [-0.25, -0.2) is 0 Å². The lowest BCUT2D eigenvalue weighted by Gasteiger charge is -2.31. The third kappa shape index (κ3) is 4.16. The highest BCUT2D eigenvalue weighted by atomic mass is 32.2. The van der Waals surface area contributed by atoms with E-state index in [0.29, 0.717) is 12.0 Å². The molecule has 0 spiro atoms. The Morgan fingerprint density at radius 3 is 2.61 bits per heavy atom. The number of thioether (sulfide) groups is 1. The van der Waals surface area contributed by atoms with Gasteiger partial charge in [0.15, 0.2) is 0 Å². The van der Waals surface area contributed by atoms with Gasteiger partial charge in [-0.15, -0.1) is 0 Å². The van der Waals surface area contributed by atoms with Crippen molar-refractivity contribution in [1.29, 1.82) is 0 Å². The lowest BCUT2D eigenvalue weighted by atomic mass is 10.1. The third-order valence-electron chi connectivity index (χ3n) is 3.46. The molecule has 0 aromatic rings. The van der Waals surface area contributed by atoms with Gasteiger partial charge in [0.05, 0.1) is 12.2 Å². The average molecular weight is 272 g/mol. The summed E-state index contributed by atoms with van der Waals surface area (Å²) in [6, 6.07) is 0.327. The Hall–Kier alpha value is -0.220. The first-order valence-corrected chi connectivity index (χ1v) is 8.28. The quantitative estimate of drug-likeness (QED) is 0.723. The highest BCUT2D eigenvalue weighted by Crippen LogP contribution is 2.22. The van der Waals surface area contributed by atoms with Gasteiger partial charge in [-0.3, -0.25) is 10.1 Å². The molecule has 1 aliphatic rings. The largest absolute Gasteiger partial charge is 0.323 e. The van der Waals surface area contributed by atoms with E-state index in [1.807, 2.05) is 18.7 Å². The fourth-order valence-electron chi connectivity index (χ4n) is 2.51. The Bertz CT molecular complexity index is 271. The summed E-state index contributed by atoms with van der Waals surface area (Å²) in [6.45, 7) is 10.8. The van der Waals surface area contributed by atoms with Crippen LogP contribution in [0.4, 0.5) is 0 Å². The molecule has 0 bridgehead atoms. The molecule has 0 aromatic heterocycles. The summed E-state index contributed by atoms with van der Waals surface area (Å²) in [6.07, 6.45) is 2.36. The highest BCUT2D eigenvalue weighted by molar-refractivity contribution is 7.99. The van der Waals surface area contributed by atoms with Gasteiger partial charge < -0.3 is 4.90 Å². The van der Waals surface area contributed by atoms with Crippen LogP contribution in [0.1, 0.15) is 47.5 Å². The van der Waals surface area contributed by atoms with Crippen LogP contribution < -0.4 is 5.32 Å². The number of carbonyl (C=O) groups excluding carboxylic acids is 1. The molecule has 1 heterocycles. The molecular formula is C14H28N2OS. The first-order valence-electron chi connectivity index (χ1n) is 7.13. The second-order valence-corrected chi connectivity index (χ2v) is 7.01. The Morgan fingerprint density at radius 2 is 2.06 bits per heavy atom. The maximum Gasteiger partial charge on any atom is 0.240 e. The fourth-order valence-corrected chi connectivity index (χ4v) is 3.30. The number of nitrogens with zero attached hydrogens (tertiary/aromatic N) is 1. The van der Waals surface area contributed by atoms with E-state index in [1.165, 1.54) is 0 Å². The van der Waals surface area contributed by atoms with Crippen molar-refractivity contribution < 1.29 is 4.79 Å². The van der Waals surface area contributed by atoms with Crippen molar-refractivity contribution in [3.05, 3.63) is 0 Å². The summed E-state index contributed by atoms with van der Waals surface area (Å²) in [5.74, 6) is 3.18. The van der Waals surface area contributed by atoms with E-state index in [-0.39, 0.29) is 18.1 Å². The van der Waals surface area contributed by atoms with Crippen LogP contribution in [-0.4, -0.2) is 40.6 Å². The fraction of sp³-hybridized carbons (Fsp3) is 0.929. The van der Waals surface area contributed by atoms with E-state index < -0.39 is 0 Å². The van der Waals surface area contributed by atoms with Gasteiger partial charge in [0.25, 0.3) is 0 Å². The van der Waals surface area contributed by atoms with Crippen LogP contribution in [0.15, 0.2) is 0 Å². The highest BCUT2D eigenvalue weighted by Gasteiger charge is 2.38. The van der Waals surface area contributed by atoms with Gasteiger partial charge in [-0.05, 0) is 44.1 Å². The van der Waals surface area contributed by atoms with Crippen LogP contribution in [0.25, 0.3) is 0 Å². The van der Waals surface area contributed by atoms with Crippen LogP contribution in [0, 0.1) is 5.92 Å². The number of nitrogens with one attached hydrogen (secondary N) is 1. The molecule has 0 radical (unpaired) electrons. The van der Waals surface area contributed by atoms with Crippen molar-refractivity contribution in [1.82, 2.24) is 10.2 Å². The van der Waals surface area contributed by atoms with Crippen molar-refractivity contribution in [2.45, 2.75) is 65.7 Å². The SMILES string of the molecule is CCSCCC(C)N1C(=O)C(C)NC1CC(C)C. The van der Waals surface area contributed by atoms with Crippen LogP contribution in [0.3, 0.4) is 0 Å². The maximum atomic E-state index is 12.2. The minimum Gasteiger partial charge on any atom is -0.323 e. The summed E-state index contributed by atoms with van der Waals surface area (Å²) < 4.78 is 0. The molecule has 1 fully saturated rings. The van der Waals surface area contributed by atoms with Crippen LogP contribution in [-0.2, 0) is 4.79 Å². The monoisotopic (exact) mass is 272 g/mol. The van der Waals surface area contributed by atoms with Gasteiger partial charge in [0.2, 0.25) is 5.91 Å². The molecule has 3 unspecified atom stereocenters. The van der Waals surface area contributed by atoms with Gasteiger partial charge in [-0.2, -0.15) is 11.8 Å². The lowest BCUT2D eigenvalue weighted by molar-refractivity contribution is -0.131. The summed E-state index contributed by atoms with van der Waals surface area (Å²) in [7, 11) is 0. The molecule has 0 aromatic carbocycles. The van der Waals surface area contributed by atoms with Gasteiger partial charge in [0, 0.05) is 6.04 Å². The molecule has 1 rings (SSSR count). The Labute approximate surface area is 116 Å². The first kappa shape index (κ1) is 15.8. The number of amides is 1. The number of hydrogen-bond acceptors (Lipinski definition) is 3. The van der Waals surface area contributed by atoms with Crippen molar-refractivity contribution in [2.75, 3.05) is 11.5 Å². The van der Waals surface area contributed by atoms with Gasteiger partial charge in [0.1, 0.15) is 0 Å². The predicted molar refractivity (Wildman–Crippen MR) is 79.8 cm³/mol. The van der Waals surface area contributed by atoms with E-state index in [2.05, 4.69) is 37.9 Å². The number of rotatable bonds is 7. The molecule has 1 saturated heterocycles. The Morgan fingerprint density at radius 1 is 1.39 bits per heavy atom. The second kappa shape index (κ2) is 7.39. The van der Waals surface area contributed by atoms with E-state index in [4.69, 9.17) is 0 Å². The van der Waals surface area contributed by atoms with Crippen LogP contribution >= 0.6 is 11.8 Å². The van der Waals surface area contributed by atoms with Crippen molar-refractivity contribution in [3.8, 4) is 0 Å². The zero-order valence-corrected chi connectivity index (χ0v) is 13.2. The zero-order chi connectivity index (χ0) is 13.7. The standard InChI is InChI=1S/C14H28N2OS/c1-6-18-8-7-11(4)16-13(9-10(2)3)15-12(5)14(16)17/h10-13,15H,6-9H2,1-5H3. The van der Waals surface area contributed by atoms with E-state index in [1.54, 1.807) is 0 Å². The molecule has 4 heteroatoms. The lowest BCUT2D eigenvalue weighted by Crippen LogP contribution is -2.44.